The van der Waals surface area contributed by atoms with E-state index in [1.165, 1.54) is 0 Å². The molecule has 0 saturated heterocycles. The lowest BCUT2D eigenvalue weighted by Gasteiger charge is -2.27. The average Bonchev–Trinajstić information content (AvgIpc) is 2.31. The fraction of sp³-hybridized carbons (Fsp3) is 1.00. The monoisotopic (exact) mass is 234 g/mol. The first-order chi connectivity index (χ1) is 7.68. The van der Waals surface area contributed by atoms with Gasteiger partial charge in [0.25, 0.3) is 0 Å². The molecule has 0 aliphatic carbocycles. The van der Waals surface area contributed by atoms with Crippen LogP contribution in [0.2, 0.25) is 0 Å². The van der Waals surface area contributed by atoms with E-state index in [0.29, 0.717) is 39.6 Å². The predicted molar refractivity (Wildman–Crippen MR) is 63.8 cm³/mol. The van der Waals surface area contributed by atoms with E-state index < -0.39 is 0 Å². The zero-order chi connectivity index (χ0) is 12.3. The molecule has 0 aromatic rings. The summed E-state index contributed by atoms with van der Waals surface area (Å²) in [5, 5.41) is 0. The van der Waals surface area contributed by atoms with Crippen LogP contribution in [0, 0.1) is 5.41 Å². The largest absolute Gasteiger partial charge is 0.382 e. The van der Waals surface area contributed by atoms with Crippen LogP contribution in [0.3, 0.4) is 0 Å². The Hall–Kier alpha value is -0.160. The van der Waals surface area contributed by atoms with Crippen LogP contribution in [0.25, 0.3) is 0 Å². The molecule has 98 valence electrons. The standard InChI is InChI=1S/C12H26O4/c1-5-12(2,10-15-8-6-13-3)11-16-9-7-14-4/h5-11H2,1-4H3. The maximum atomic E-state index is 5.55. The van der Waals surface area contributed by atoms with Crippen LogP contribution in [0.1, 0.15) is 20.3 Å². The Labute approximate surface area is 99.2 Å². The Morgan fingerprint density at radius 1 is 0.812 bits per heavy atom. The Kier molecular flexibility index (Phi) is 9.92. The van der Waals surface area contributed by atoms with Gasteiger partial charge in [-0.2, -0.15) is 0 Å². The van der Waals surface area contributed by atoms with Gasteiger partial charge in [0.1, 0.15) is 0 Å². The highest BCUT2D eigenvalue weighted by Gasteiger charge is 2.22. The van der Waals surface area contributed by atoms with Gasteiger partial charge in [-0.1, -0.05) is 13.8 Å². The number of methoxy groups -OCH3 is 2. The molecule has 0 aliphatic heterocycles. The number of hydrogen-bond donors (Lipinski definition) is 0. The molecule has 0 aliphatic rings. The highest BCUT2D eigenvalue weighted by molar-refractivity contribution is 4.71. The molecule has 4 nitrogen and oxygen atoms in total. The van der Waals surface area contributed by atoms with Gasteiger partial charge < -0.3 is 18.9 Å². The number of hydrogen-bond acceptors (Lipinski definition) is 4. The molecule has 0 aromatic carbocycles. The summed E-state index contributed by atoms with van der Waals surface area (Å²) in [6.07, 6.45) is 1.03. The van der Waals surface area contributed by atoms with Crippen molar-refractivity contribution >= 4 is 0 Å². The van der Waals surface area contributed by atoms with Crippen molar-refractivity contribution in [2.75, 3.05) is 53.9 Å². The molecule has 0 spiro atoms. The first kappa shape index (κ1) is 15.8. The molecule has 0 atom stereocenters. The minimum Gasteiger partial charge on any atom is -0.382 e. The highest BCUT2D eigenvalue weighted by atomic mass is 16.5. The average molecular weight is 234 g/mol. The van der Waals surface area contributed by atoms with Crippen molar-refractivity contribution < 1.29 is 18.9 Å². The molecule has 0 N–H and O–H groups in total. The molecule has 0 bridgehead atoms. The van der Waals surface area contributed by atoms with Gasteiger partial charge in [-0.3, -0.25) is 0 Å². The first-order valence-electron chi connectivity index (χ1n) is 5.82. The lowest BCUT2D eigenvalue weighted by molar-refractivity contribution is -0.0348. The number of ether oxygens (including phenoxy) is 4. The summed E-state index contributed by atoms with van der Waals surface area (Å²) in [6.45, 7) is 8.31. The molecule has 0 saturated carbocycles. The van der Waals surface area contributed by atoms with E-state index in [4.69, 9.17) is 18.9 Å². The fourth-order valence-corrected chi connectivity index (χ4v) is 1.17. The van der Waals surface area contributed by atoms with Crippen LogP contribution in [-0.2, 0) is 18.9 Å². The third-order valence-corrected chi connectivity index (χ3v) is 2.62. The Morgan fingerprint density at radius 2 is 1.25 bits per heavy atom. The maximum Gasteiger partial charge on any atom is 0.0700 e. The second-order valence-electron chi connectivity index (χ2n) is 4.25. The quantitative estimate of drug-likeness (QED) is 0.510. The van der Waals surface area contributed by atoms with Crippen molar-refractivity contribution in [1.29, 1.82) is 0 Å². The second-order valence-corrected chi connectivity index (χ2v) is 4.25. The van der Waals surface area contributed by atoms with Crippen molar-refractivity contribution in [3.8, 4) is 0 Å². The van der Waals surface area contributed by atoms with Gasteiger partial charge in [0.2, 0.25) is 0 Å². The summed E-state index contributed by atoms with van der Waals surface area (Å²) in [6, 6.07) is 0. The van der Waals surface area contributed by atoms with E-state index >= 15 is 0 Å². The van der Waals surface area contributed by atoms with E-state index in [2.05, 4.69) is 13.8 Å². The van der Waals surface area contributed by atoms with E-state index in [1.807, 2.05) is 0 Å². The third kappa shape index (κ3) is 8.05. The molecule has 0 fully saturated rings. The van der Waals surface area contributed by atoms with Gasteiger partial charge >= 0.3 is 0 Å². The lowest BCUT2D eigenvalue weighted by Crippen LogP contribution is -2.29. The number of rotatable bonds is 11. The van der Waals surface area contributed by atoms with Crippen molar-refractivity contribution in [2.24, 2.45) is 5.41 Å². The SMILES string of the molecule is CCC(C)(COCCOC)COCCOC. The van der Waals surface area contributed by atoms with Gasteiger partial charge in [-0.05, 0) is 6.42 Å². The molecule has 16 heavy (non-hydrogen) atoms. The van der Waals surface area contributed by atoms with E-state index in [-0.39, 0.29) is 5.41 Å². The van der Waals surface area contributed by atoms with Crippen molar-refractivity contribution in [1.82, 2.24) is 0 Å². The Morgan fingerprint density at radius 3 is 1.56 bits per heavy atom. The summed E-state index contributed by atoms with van der Waals surface area (Å²) < 4.78 is 21.0. The van der Waals surface area contributed by atoms with Gasteiger partial charge in [0.15, 0.2) is 0 Å². The summed E-state index contributed by atoms with van der Waals surface area (Å²) in [5.74, 6) is 0. The minimum atomic E-state index is 0.0848. The third-order valence-electron chi connectivity index (χ3n) is 2.62. The summed E-state index contributed by atoms with van der Waals surface area (Å²) in [5.41, 5.74) is 0.0848. The van der Waals surface area contributed by atoms with Crippen LogP contribution in [0.5, 0.6) is 0 Å². The smallest absolute Gasteiger partial charge is 0.0700 e. The molecular weight excluding hydrogens is 208 g/mol. The zero-order valence-corrected chi connectivity index (χ0v) is 11.1. The molecule has 0 aromatic heterocycles. The zero-order valence-electron chi connectivity index (χ0n) is 11.1. The molecule has 0 rings (SSSR count). The van der Waals surface area contributed by atoms with Gasteiger partial charge in [-0.15, -0.1) is 0 Å². The maximum absolute atomic E-state index is 5.55. The highest BCUT2D eigenvalue weighted by Crippen LogP contribution is 2.21. The molecule has 4 heteroatoms. The van der Waals surface area contributed by atoms with Gasteiger partial charge in [0, 0.05) is 19.6 Å². The predicted octanol–water partition coefficient (Wildman–Crippen LogP) is 1.73. The van der Waals surface area contributed by atoms with Crippen molar-refractivity contribution in [3.63, 3.8) is 0 Å². The molecular formula is C12H26O4. The summed E-state index contributed by atoms with van der Waals surface area (Å²) in [7, 11) is 3.35. The molecule has 0 heterocycles. The summed E-state index contributed by atoms with van der Waals surface area (Å²) in [4.78, 5) is 0. The van der Waals surface area contributed by atoms with Gasteiger partial charge in [0.05, 0.1) is 39.6 Å². The van der Waals surface area contributed by atoms with Crippen LogP contribution in [0.4, 0.5) is 0 Å². The topological polar surface area (TPSA) is 36.9 Å². The lowest BCUT2D eigenvalue weighted by atomic mass is 9.90. The Balaban J connectivity index is 3.64. The molecule has 0 amide bonds. The van der Waals surface area contributed by atoms with Crippen molar-refractivity contribution in [3.05, 3.63) is 0 Å². The van der Waals surface area contributed by atoms with Gasteiger partial charge in [-0.25, -0.2) is 0 Å². The molecule has 0 radical (unpaired) electrons. The normalized spacial score (nSPS) is 12.0. The van der Waals surface area contributed by atoms with Crippen LogP contribution in [-0.4, -0.2) is 53.9 Å². The summed E-state index contributed by atoms with van der Waals surface area (Å²) >= 11 is 0. The first-order valence-corrected chi connectivity index (χ1v) is 5.82. The second kappa shape index (κ2) is 10.0. The fourth-order valence-electron chi connectivity index (χ4n) is 1.17. The minimum absolute atomic E-state index is 0.0848. The van der Waals surface area contributed by atoms with Crippen LogP contribution in [0.15, 0.2) is 0 Å². The van der Waals surface area contributed by atoms with Crippen LogP contribution < -0.4 is 0 Å². The van der Waals surface area contributed by atoms with E-state index in [9.17, 15) is 0 Å². The van der Waals surface area contributed by atoms with E-state index in [1.54, 1.807) is 14.2 Å². The van der Waals surface area contributed by atoms with Crippen molar-refractivity contribution in [2.45, 2.75) is 20.3 Å². The van der Waals surface area contributed by atoms with Crippen LogP contribution >= 0.6 is 0 Å². The van der Waals surface area contributed by atoms with E-state index in [0.717, 1.165) is 6.42 Å². The molecule has 0 unspecified atom stereocenters. The Bertz CT molecular complexity index is 138.